The Morgan fingerprint density at radius 3 is 1.67 bits per heavy atom. The first-order chi connectivity index (χ1) is 17.2. The minimum absolute atomic E-state index is 0.138. The number of benzene rings is 4. The number of fused-ring (bicyclic) bond motifs is 1. The highest BCUT2D eigenvalue weighted by Gasteiger charge is 2.11. The van der Waals surface area contributed by atoms with E-state index in [1.54, 1.807) is 0 Å². The highest BCUT2D eigenvalue weighted by molar-refractivity contribution is 5.84. The van der Waals surface area contributed by atoms with Crippen molar-refractivity contribution in [3.8, 4) is 23.7 Å². The second-order valence-electron chi connectivity index (χ2n) is 7.82. The maximum Gasteiger partial charge on any atom is 0.159 e. The molecular weight excluding hydrogens is 478 g/mol. The van der Waals surface area contributed by atoms with Crippen molar-refractivity contribution in [1.82, 2.24) is 0 Å². The van der Waals surface area contributed by atoms with Gasteiger partial charge in [0.2, 0.25) is 0 Å². The molecule has 0 amide bonds. The van der Waals surface area contributed by atoms with Crippen molar-refractivity contribution in [2.24, 2.45) is 0 Å². The molecule has 1 nitrogen and oxygen atoms in total. The molecule has 0 aromatic heterocycles. The Balaban J connectivity index is 1.60. The molecule has 0 saturated heterocycles. The summed E-state index contributed by atoms with van der Waals surface area (Å²) in [6.07, 6.45) is 0.311. The molecule has 4 rings (SSSR count). The van der Waals surface area contributed by atoms with E-state index in [-0.39, 0.29) is 12.2 Å². The van der Waals surface area contributed by atoms with Gasteiger partial charge in [0.1, 0.15) is 23.3 Å². The Morgan fingerprint density at radius 1 is 0.556 bits per heavy atom. The third-order valence-electron chi connectivity index (χ3n) is 5.28. The van der Waals surface area contributed by atoms with Gasteiger partial charge in [-0.2, -0.15) is 0 Å². The van der Waals surface area contributed by atoms with Crippen molar-refractivity contribution >= 4 is 10.8 Å². The van der Waals surface area contributed by atoms with Gasteiger partial charge in [-0.3, -0.25) is 0 Å². The number of methoxy groups -OCH3 is 1. The minimum Gasteiger partial charge on any atom is -0.384 e. The molecule has 0 aliphatic heterocycles. The van der Waals surface area contributed by atoms with Crippen molar-refractivity contribution < 1.29 is 31.1 Å². The van der Waals surface area contributed by atoms with E-state index in [2.05, 4.69) is 23.7 Å². The predicted octanol–water partition coefficient (Wildman–Crippen LogP) is 6.66. The fraction of sp³-hybridized carbons (Fsp3) is 0.103. The Labute approximate surface area is 203 Å². The van der Waals surface area contributed by atoms with Gasteiger partial charge in [-0.15, -0.1) is 0 Å². The van der Waals surface area contributed by atoms with Crippen LogP contribution in [0.1, 0.15) is 27.8 Å². The Morgan fingerprint density at radius 2 is 1.08 bits per heavy atom. The summed E-state index contributed by atoms with van der Waals surface area (Å²) in [6.45, 7) is 0.289. The van der Waals surface area contributed by atoms with Crippen LogP contribution in [0.3, 0.4) is 0 Å². The van der Waals surface area contributed by atoms with Gasteiger partial charge in [0.15, 0.2) is 11.6 Å². The Bertz CT molecular complexity index is 1560. The number of hydrogen-bond acceptors (Lipinski definition) is 1. The first-order valence-corrected chi connectivity index (χ1v) is 10.6. The van der Waals surface area contributed by atoms with Gasteiger partial charge in [0, 0.05) is 18.2 Å². The Kier molecular flexibility index (Phi) is 7.33. The lowest BCUT2D eigenvalue weighted by Gasteiger charge is -2.04. The van der Waals surface area contributed by atoms with Crippen LogP contribution in [-0.4, -0.2) is 13.7 Å². The van der Waals surface area contributed by atoms with Crippen molar-refractivity contribution in [1.29, 1.82) is 0 Å². The van der Waals surface area contributed by atoms with Crippen LogP contribution in [0.5, 0.6) is 0 Å². The van der Waals surface area contributed by atoms with E-state index in [0.29, 0.717) is 28.3 Å². The van der Waals surface area contributed by atoms with E-state index in [9.17, 15) is 26.3 Å². The fourth-order valence-electron chi connectivity index (χ4n) is 3.46. The zero-order chi connectivity index (χ0) is 25.8. The summed E-state index contributed by atoms with van der Waals surface area (Å²) in [5, 5.41) is 0.815. The van der Waals surface area contributed by atoms with Gasteiger partial charge < -0.3 is 4.74 Å². The third-order valence-corrected chi connectivity index (χ3v) is 5.28. The maximum atomic E-state index is 14.6. The molecular formula is C29H16F6O. The van der Waals surface area contributed by atoms with Gasteiger partial charge in [0.05, 0.1) is 17.7 Å². The molecule has 0 spiro atoms. The number of rotatable bonds is 3. The minimum atomic E-state index is -1.02. The van der Waals surface area contributed by atoms with E-state index in [1.165, 1.54) is 25.3 Å². The zero-order valence-electron chi connectivity index (χ0n) is 18.8. The lowest BCUT2D eigenvalue weighted by atomic mass is 10.1. The van der Waals surface area contributed by atoms with Crippen LogP contribution in [-0.2, 0) is 11.2 Å². The monoisotopic (exact) mass is 494 g/mol. The summed E-state index contributed by atoms with van der Waals surface area (Å²) >= 11 is 0. The van der Waals surface area contributed by atoms with E-state index >= 15 is 0 Å². The van der Waals surface area contributed by atoms with Crippen molar-refractivity contribution in [2.45, 2.75) is 6.42 Å². The van der Waals surface area contributed by atoms with Crippen LogP contribution >= 0.6 is 0 Å². The molecule has 4 aromatic carbocycles. The summed E-state index contributed by atoms with van der Waals surface area (Å²) < 4.78 is 89.4. The van der Waals surface area contributed by atoms with Crippen LogP contribution in [0, 0.1) is 58.6 Å². The predicted molar refractivity (Wildman–Crippen MR) is 124 cm³/mol. The zero-order valence-corrected chi connectivity index (χ0v) is 18.8. The standard InChI is InChI=1S/C29H16F6O/c1-36-9-8-19-13-26(32)23(27(33)14-19)7-4-18-11-24(30)22(25(31)12-18)6-3-17-2-5-20-15-28(34)29(35)16-21(20)10-17/h2,5,10-16H,8-9H2,1H3. The number of halogens is 6. The normalized spacial score (nSPS) is 10.5. The second kappa shape index (κ2) is 10.6. The Hall–Kier alpha value is -4.20. The largest absolute Gasteiger partial charge is 0.384 e. The average molecular weight is 494 g/mol. The smallest absolute Gasteiger partial charge is 0.159 e. The first-order valence-electron chi connectivity index (χ1n) is 10.6. The van der Waals surface area contributed by atoms with Crippen LogP contribution in [0.15, 0.2) is 54.6 Å². The molecule has 0 saturated carbocycles. The fourth-order valence-corrected chi connectivity index (χ4v) is 3.46. The summed E-state index contributed by atoms with van der Waals surface area (Å²) in [6, 6.07) is 10.6. The average Bonchev–Trinajstić information content (AvgIpc) is 2.82. The first kappa shape index (κ1) is 24.9. The molecule has 0 N–H and O–H groups in total. The summed E-state index contributed by atoms with van der Waals surface area (Å²) in [4.78, 5) is 0. The van der Waals surface area contributed by atoms with Gasteiger partial charge in [-0.05, 0) is 71.3 Å². The van der Waals surface area contributed by atoms with Gasteiger partial charge in [-0.1, -0.05) is 29.7 Å². The SMILES string of the molecule is COCCc1cc(F)c(C#Cc2cc(F)c(C#Cc3ccc4cc(F)c(F)cc4c3)c(F)c2)c(F)c1. The molecule has 4 aromatic rings. The lowest BCUT2D eigenvalue weighted by molar-refractivity contribution is 0.202. The van der Waals surface area contributed by atoms with Gasteiger partial charge in [-0.25, -0.2) is 26.3 Å². The van der Waals surface area contributed by atoms with E-state index in [1.807, 2.05) is 0 Å². The highest BCUT2D eigenvalue weighted by Crippen LogP contribution is 2.21. The van der Waals surface area contributed by atoms with Crippen LogP contribution in [0.25, 0.3) is 10.8 Å². The summed E-state index contributed by atoms with van der Waals surface area (Å²) in [7, 11) is 1.47. The second-order valence-corrected chi connectivity index (χ2v) is 7.82. The van der Waals surface area contributed by atoms with Crippen molar-refractivity contribution in [2.75, 3.05) is 13.7 Å². The molecule has 7 heteroatoms. The quantitative estimate of drug-likeness (QED) is 0.229. The summed E-state index contributed by atoms with van der Waals surface area (Å²) in [5.41, 5.74) is -0.475. The van der Waals surface area contributed by atoms with Crippen LogP contribution < -0.4 is 0 Å². The maximum absolute atomic E-state index is 14.6. The van der Waals surface area contributed by atoms with Crippen molar-refractivity contribution in [3.05, 3.63) is 117 Å². The molecule has 0 bridgehead atoms. The number of hydrogen-bond donors (Lipinski definition) is 0. The molecule has 180 valence electrons. The third kappa shape index (κ3) is 5.54. The topological polar surface area (TPSA) is 9.23 Å². The molecule has 0 aliphatic rings. The molecule has 36 heavy (non-hydrogen) atoms. The van der Waals surface area contributed by atoms with Crippen molar-refractivity contribution in [3.63, 3.8) is 0 Å². The van der Waals surface area contributed by atoms with E-state index < -0.39 is 46.0 Å². The molecule has 0 atom stereocenters. The van der Waals surface area contributed by atoms with Gasteiger partial charge >= 0.3 is 0 Å². The molecule has 0 aliphatic carbocycles. The van der Waals surface area contributed by atoms with Crippen LogP contribution in [0.2, 0.25) is 0 Å². The van der Waals surface area contributed by atoms with E-state index in [0.717, 1.165) is 36.4 Å². The lowest BCUT2D eigenvalue weighted by Crippen LogP contribution is -1.99. The van der Waals surface area contributed by atoms with Crippen LogP contribution in [0.4, 0.5) is 26.3 Å². The molecule has 0 unspecified atom stereocenters. The van der Waals surface area contributed by atoms with E-state index in [4.69, 9.17) is 4.74 Å². The highest BCUT2D eigenvalue weighted by atomic mass is 19.2. The summed E-state index contributed by atoms with van der Waals surface area (Å²) in [5.74, 6) is 3.79. The molecule has 0 fully saturated rings. The van der Waals surface area contributed by atoms with Gasteiger partial charge in [0.25, 0.3) is 0 Å². The molecule has 0 radical (unpaired) electrons. The molecule has 0 heterocycles. The number of ether oxygens (including phenoxy) is 1.